The van der Waals surface area contributed by atoms with Crippen molar-refractivity contribution in [1.82, 2.24) is 14.8 Å². The summed E-state index contributed by atoms with van der Waals surface area (Å²) in [5.74, 6) is 0.325. The summed E-state index contributed by atoms with van der Waals surface area (Å²) in [6.07, 6.45) is 4.81. The second kappa shape index (κ2) is 4.72. The predicted molar refractivity (Wildman–Crippen MR) is 66.6 cm³/mol. The van der Waals surface area contributed by atoms with Crippen molar-refractivity contribution in [2.24, 2.45) is 10.9 Å². The third kappa shape index (κ3) is 2.25. The Labute approximate surface area is 110 Å². The summed E-state index contributed by atoms with van der Waals surface area (Å²) >= 11 is 9.39. The van der Waals surface area contributed by atoms with Gasteiger partial charge in [0.2, 0.25) is 0 Å². The molecule has 6 nitrogen and oxygen atoms in total. The van der Waals surface area contributed by atoms with E-state index in [9.17, 15) is 0 Å². The van der Waals surface area contributed by atoms with Gasteiger partial charge in [-0.1, -0.05) is 16.8 Å². The lowest BCUT2D eigenvalue weighted by molar-refractivity contribution is 0.318. The van der Waals surface area contributed by atoms with Gasteiger partial charge in [-0.25, -0.2) is 9.67 Å². The number of oxime groups is 1. The monoisotopic (exact) mass is 315 g/mol. The Balaban J connectivity index is 2.57. The number of rotatable bonds is 2. The van der Waals surface area contributed by atoms with Gasteiger partial charge in [-0.2, -0.15) is 5.10 Å². The van der Waals surface area contributed by atoms with Crippen LogP contribution in [0.25, 0.3) is 5.82 Å². The molecule has 0 aromatic carbocycles. The van der Waals surface area contributed by atoms with E-state index in [1.807, 2.05) is 0 Å². The molecule has 8 heteroatoms. The Morgan fingerprint density at radius 1 is 1.59 bits per heavy atom. The summed E-state index contributed by atoms with van der Waals surface area (Å²) in [4.78, 5) is 4.09. The Kier molecular flexibility index (Phi) is 3.30. The van der Waals surface area contributed by atoms with Crippen LogP contribution in [0.5, 0.6) is 0 Å². The molecule has 2 aromatic heterocycles. The molecule has 3 N–H and O–H groups in total. The molecule has 0 saturated heterocycles. The highest BCUT2D eigenvalue weighted by molar-refractivity contribution is 9.10. The van der Waals surface area contributed by atoms with Gasteiger partial charge in [-0.3, -0.25) is 0 Å². The lowest BCUT2D eigenvalue weighted by atomic mass is 10.2. The van der Waals surface area contributed by atoms with E-state index in [0.29, 0.717) is 11.4 Å². The fourth-order valence-electron chi connectivity index (χ4n) is 1.26. The van der Waals surface area contributed by atoms with Crippen LogP contribution in [0.15, 0.2) is 34.3 Å². The minimum absolute atomic E-state index is 0.0788. The van der Waals surface area contributed by atoms with Gasteiger partial charge < -0.3 is 10.9 Å². The summed E-state index contributed by atoms with van der Waals surface area (Å²) in [6, 6.07) is 1.55. The van der Waals surface area contributed by atoms with Crippen LogP contribution in [0.4, 0.5) is 0 Å². The van der Waals surface area contributed by atoms with Crippen molar-refractivity contribution >= 4 is 33.4 Å². The van der Waals surface area contributed by atoms with Gasteiger partial charge >= 0.3 is 0 Å². The smallest absolute Gasteiger partial charge is 0.172 e. The number of halogens is 2. The third-order valence-electron chi connectivity index (χ3n) is 2.02. The summed E-state index contributed by atoms with van der Waals surface area (Å²) in [5.41, 5.74) is 5.89. The Bertz CT molecular complexity index is 583. The number of hydrogen-bond donors (Lipinski definition) is 2. The zero-order chi connectivity index (χ0) is 12.4. The quantitative estimate of drug-likeness (QED) is 0.382. The zero-order valence-corrected chi connectivity index (χ0v) is 10.7. The summed E-state index contributed by atoms with van der Waals surface area (Å²) in [6.45, 7) is 0. The highest BCUT2D eigenvalue weighted by Gasteiger charge is 2.13. The van der Waals surface area contributed by atoms with E-state index in [-0.39, 0.29) is 10.9 Å². The van der Waals surface area contributed by atoms with Crippen molar-refractivity contribution in [1.29, 1.82) is 0 Å². The highest BCUT2D eigenvalue weighted by atomic mass is 79.9. The number of pyridine rings is 1. The molecule has 88 valence electrons. The first-order valence-electron chi connectivity index (χ1n) is 4.46. The van der Waals surface area contributed by atoms with Crippen molar-refractivity contribution in [3.8, 4) is 5.82 Å². The van der Waals surface area contributed by atoms with Crippen LogP contribution in [0.2, 0.25) is 5.02 Å². The largest absolute Gasteiger partial charge is 0.409 e. The number of aromatic nitrogens is 3. The standard InChI is InChI=1S/C9H7BrClN5O/c10-5-3-14-16(4-5)9-7(11)6(1-2-13-9)8(12)15-17/h1-4,17H,(H2,12,15). The Hall–Kier alpha value is -1.60. The van der Waals surface area contributed by atoms with E-state index >= 15 is 0 Å². The Morgan fingerprint density at radius 3 is 2.94 bits per heavy atom. The molecule has 17 heavy (non-hydrogen) atoms. The SMILES string of the molecule is N/C(=N/O)c1ccnc(-n2cc(Br)cn2)c1Cl. The molecule has 2 aromatic rings. The van der Waals surface area contributed by atoms with E-state index in [1.54, 1.807) is 18.5 Å². The normalized spacial score (nSPS) is 11.8. The predicted octanol–water partition coefficient (Wildman–Crippen LogP) is 1.78. The molecule has 0 amide bonds. The summed E-state index contributed by atoms with van der Waals surface area (Å²) in [7, 11) is 0. The number of hydrogen-bond acceptors (Lipinski definition) is 4. The third-order valence-corrected chi connectivity index (χ3v) is 2.80. The maximum atomic E-state index is 8.63. The molecule has 0 radical (unpaired) electrons. The summed E-state index contributed by atoms with van der Waals surface area (Å²) < 4.78 is 2.28. The first kappa shape index (κ1) is 11.9. The summed E-state index contributed by atoms with van der Waals surface area (Å²) in [5, 5.41) is 15.9. The maximum Gasteiger partial charge on any atom is 0.172 e. The fraction of sp³-hybridized carbons (Fsp3) is 0. The average molecular weight is 317 g/mol. The molecular formula is C9H7BrClN5O. The zero-order valence-electron chi connectivity index (χ0n) is 8.38. The lowest BCUT2D eigenvalue weighted by Gasteiger charge is -2.06. The van der Waals surface area contributed by atoms with Crippen molar-refractivity contribution in [2.45, 2.75) is 0 Å². The lowest BCUT2D eigenvalue weighted by Crippen LogP contribution is -2.15. The first-order valence-corrected chi connectivity index (χ1v) is 5.63. The van der Waals surface area contributed by atoms with Gasteiger partial charge in [-0.15, -0.1) is 0 Å². The van der Waals surface area contributed by atoms with Gasteiger partial charge in [0.1, 0.15) is 0 Å². The van der Waals surface area contributed by atoms with Crippen molar-refractivity contribution in [3.63, 3.8) is 0 Å². The van der Waals surface area contributed by atoms with Crippen molar-refractivity contribution in [2.75, 3.05) is 0 Å². The average Bonchev–Trinajstić information content (AvgIpc) is 2.75. The van der Waals surface area contributed by atoms with Gasteiger partial charge in [0.05, 0.1) is 15.7 Å². The molecule has 0 fully saturated rings. The van der Waals surface area contributed by atoms with Crippen LogP contribution in [0.1, 0.15) is 5.56 Å². The van der Waals surface area contributed by atoms with Crippen molar-refractivity contribution in [3.05, 3.63) is 39.7 Å². The van der Waals surface area contributed by atoms with E-state index < -0.39 is 0 Å². The minimum Gasteiger partial charge on any atom is -0.409 e. The molecule has 0 atom stereocenters. The molecular weight excluding hydrogens is 309 g/mol. The minimum atomic E-state index is -0.0788. The van der Waals surface area contributed by atoms with Crippen LogP contribution in [-0.2, 0) is 0 Å². The van der Waals surface area contributed by atoms with Gasteiger partial charge in [0.15, 0.2) is 11.7 Å². The molecule has 0 aliphatic carbocycles. The fourth-order valence-corrected chi connectivity index (χ4v) is 1.84. The first-order chi connectivity index (χ1) is 8.13. The van der Waals surface area contributed by atoms with E-state index in [4.69, 9.17) is 22.5 Å². The van der Waals surface area contributed by atoms with Crippen LogP contribution in [0.3, 0.4) is 0 Å². The van der Waals surface area contributed by atoms with Crippen LogP contribution >= 0.6 is 27.5 Å². The van der Waals surface area contributed by atoms with Crippen LogP contribution < -0.4 is 5.73 Å². The van der Waals surface area contributed by atoms with Gasteiger partial charge in [0, 0.05) is 18.0 Å². The molecule has 2 rings (SSSR count). The molecule has 2 heterocycles. The number of nitrogens with zero attached hydrogens (tertiary/aromatic N) is 4. The van der Waals surface area contributed by atoms with Gasteiger partial charge in [0.25, 0.3) is 0 Å². The van der Waals surface area contributed by atoms with E-state index in [0.717, 1.165) is 4.47 Å². The Morgan fingerprint density at radius 2 is 2.35 bits per heavy atom. The molecule has 0 aliphatic rings. The molecule has 0 bridgehead atoms. The number of nitrogens with two attached hydrogens (primary N) is 1. The van der Waals surface area contributed by atoms with E-state index in [1.165, 1.54) is 10.9 Å². The number of amidine groups is 1. The van der Waals surface area contributed by atoms with Crippen LogP contribution in [0, 0.1) is 0 Å². The second-order valence-electron chi connectivity index (χ2n) is 3.08. The second-order valence-corrected chi connectivity index (χ2v) is 4.38. The van der Waals surface area contributed by atoms with Crippen molar-refractivity contribution < 1.29 is 5.21 Å². The van der Waals surface area contributed by atoms with Crippen LogP contribution in [-0.4, -0.2) is 25.8 Å². The maximum absolute atomic E-state index is 8.63. The van der Waals surface area contributed by atoms with Gasteiger partial charge in [-0.05, 0) is 22.0 Å². The molecule has 0 aliphatic heterocycles. The van der Waals surface area contributed by atoms with E-state index in [2.05, 4.69) is 31.2 Å². The molecule has 0 spiro atoms. The molecule has 0 unspecified atom stereocenters. The highest BCUT2D eigenvalue weighted by Crippen LogP contribution is 2.22. The topological polar surface area (TPSA) is 89.3 Å². The molecule has 0 saturated carbocycles.